The van der Waals surface area contributed by atoms with Crippen molar-refractivity contribution in [2.24, 2.45) is 0 Å². The van der Waals surface area contributed by atoms with Gasteiger partial charge >= 0.3 is 0 Å². The molecule has 7 heteroatoms. The molecule has 0 radical (unpaired) electrons. The van der Waals surface area contributed by atoms with Crippen LogP contribution in [0.2, 0.25) is 5.02 Å². The Hall–Kier alpha value is -1.44. The smallest absolute Gasteiger partial charge is 0.240 e. The van der Waals surface area contributed by atoms with Gasteiger partial charge in [-0.15, -0.1) is 0 Å². The van der Waals surface area contributed by atoms with Crippen LogP contribution in [0.1, 0.15) is 18.5 Å². The van der Waals surface area contributed by atoms with E-state index in [1.54, 1.807) is 12.1 Å². The maximum atomic E-state index is 12.8. The quantitative estimate of drug-likeness (QED) is 0.818. The Bertz CT molecular complexity index is 806. The number of ether oxygens (including phenoxy) is 1. The van der Waals surface area contributed by atoms with Crippen LogP contribution in [0.25, 0.3) is 0 Å². The Morgan fingerprint density at radius 3 is 2.27 bits per heavy atom. The van der Waals surface area contributed by atoms with Gasteiger partial charge in [0.2, 0.25) is 10.0 Å². The zero-order chi connectivity index (χ0) is 18.6. The highest BCUT2D eigenvalue weighted by Crippen LogP contribution is 2.26. The molecular weight excluding hydrogens is 372 g/mol. The summed E-state index contributed by atoms with van der Waals surface area (Å²) in [5, 5.41) is 0.507. The number of morpholine rings is 1. The van der Waals surface area contributed by atoms with Gasteiger partial charge in [0.15, 0.2) is 0 Å². The molecule has 0 bridgehead atoms. The SMILES string of the molecule is C[C@@H](NS(=O)(=O)c1ccc(Cl)cc1)[C@@H](c1ccccc1)N1CCOCC1. The van der Waals surface area contributed by atoms with E-state index in [1.165, 1.54) is 12.1 Å². The molecule has 0 spiro atoms. The van der Waals surface area contributed by atoms with Crippen LogP contribution in [0.3, 0.4) is 0 Å². The third kappa shape index (κ3) is 4.64. The van der Waals surface area contributed by atoms with Crippen LogP contribution in [0.5, 0.6) is 0 Å². The van der Waals surface area contributed by atoms with Crippen LogP contribution in [0.4, 0.5) is 0 Å². The monoisotopic (exact) mass is 394 g/mol. The third-order valence-electron chi connectivity index (χ3n) is 4.52. The first kappa shape index (κ1) is 19.3. The fourth-order valence-electron chi connectivity index (χ4n) is 3.31. The summed E-state index contributed by atoms with van der Waals surface area (Å²) in [6.07, 6.45) is 0. The minimum atomic E-state index is -3.63. The highest BCUT2D eigenvalue weighted by Gasteiger charge is 2.30. The molecular formula is C19H23ClN2O3S. The topological polar surface area (TPSA) is 58.6 Å². The van der Waals surface area contributed by atoms with E-state index in [1.807, 2.05) is 37.3 Å². The number of hydrogen-bond donors (Lipinski definition) is 1. The Kier molecular flexibility index (Phi) is 6.32. The van der Waals surface area contributed by atoms with E-state index in [0.29, 0.717) is 18.2 Å². The molecule has 0 unspecified atom stereocenters. The number of nitrogens with one attached hydrogen (secondary N) is 1. The van der Waals surface area contributed by atoms with Crippen molar-refractivity contribution in [2.45, 2.75) is 23.9 Å². The zero-order valence-electron chi connectivity index (χ0n) is 14.6. The van der Waals surface area contributed by atoms with Crippen LogP contribution < -0.4 is 4.72 Å². The van der Waals surface area contributed by atoms with Crippen LogP contribution >= 0.6 is 11.6 Å². The molecule has 1 aliphatic heterocycles. The average molecular weight is 395 g/mol. The van der Waals surface area contributed by atoms with Gasteiger partial charge in [-0.1, -0.05) is 41.9 Å². The van der Waals surface area contributed by atoms with Gasteiger partial charge in [0.1, 0.15) is 0 Å². The molecule has 0 saturated carbocycles. The van der Waals surface area contributed by atoms with E-state index in [4.69, 9.17) is 16.3 Å². The number of sulfonamides is 1. The van der Waals surface area contributed by atoms with Gasteiger partial charge in [0, 0.05) is 24.2 Å². The standard InChI is InChI=1S/C19H23ClN2O3S/c1-15(21-26(23,24)18-9-7-17(20)8-10-18)19(16-5-3-2-4-6-16)22-11-13-25-14-12-22/h2-10,15,19,21H,11-14H2,1H3/t15-,19+/m1/s1. The minimum absolute atomic E-state index is 0.0674. The number of hydrogen-bond acceptors (Lipinski definition) is 4. The van der Waals surface area contributed by atoms with Crippen molar-refractivity contribution in [1.29, 1.82) is 0 Å². The average Bonchev–Trinajstić information content (AvgIpc) is 2.63. The number of halogens is 1. The lowest BCUT2D eigenvalue weighted by atomic mass is 9.99. The summed E-state index contributed by atoms with van der Waals surface area (Å²) in [6.45, 7) is 4.75. The van der Waals surface area contributed by atoms with Gasteiger partial charge in [0.25, 0.3) is 0 Å². The molecule has 3 rings (SSSR count). The summed E-state index contributed by atoms with van der Waals surface area (Å²) in [4.78, 5) is 2.48. The van der Waals surface area contributed by atoms with Crippen molar-refractivity contribution in [1.82, 2.24) is 9.62 Å². The summed E-state index contributed by atoms with van der Waals surface area (Å²) >= 11 is 5.87. The van der Waals surface area contributed by atoms with Gasteiger partial charge in [-0.3, -0.25) is 4.90 Å². The first-order valence-electron chi connectivity index (χ1n) is 8.62. The van der Waals surface area contributed by atoms with E-state index < -0.39 is 10.0 Å². The summed E-state index contributed by atoms with van der Waals surface area (Å²) in [5.74, 6) is 0. The van der Waals surface area contributed by atoms with Crippen molar-refractivity contribution in [2.75, 3.05) is 26.3 Å². The second-order valence-corrected chi connectivity index (χ2v) is 8.52. The van der Waals surface area contributed by atoms with Crippen LogP contribution in [0.15, 0.2) is 59.5 Å². The second-order valence-electron chi connectivity index (χ2n) is 6.37. The maximum absolute atomic E-state index is 12.8. The predicted octanol–water partition coefficient (Wildman–Crippen LogP) is 3.08. The van der Waals surface area contributed by atoms with Crippen molar-refractivity contribution in [3.8, 4) is 0 Å². The fourth-order valence-corrected chi connectivity index (χ4v) is 4.69. The maximum Gasteiger partial charge on any atom is 0.240 e. The second kappa shape index (κ2) is 8.50. The Morgan fingerprint density at radius 1 is 1.04 bits per heavy atom. The molecule has 26 heavy (non-hydrogen) atoms. The van der Waals surface area contributed by atoms with Gasteiger partial charge in [0.05, 0.1) is 24.2 Å². The van der Waals surface area contributed by atoms with E-state index >= 15 is 0 Å². The minimum Gasteiger partial charge on any atom is -0.379 e. The molecule has 0 amide bonds. The molecule has 2 atom stereocenters. The summed E-state index contributed by atoms with van der Waals surface area (Å²) in [5.41, 5.74) is 1.08. The molecule has 1 saturated heterocycles. The lowest BCUT2D eigenvalue weighted by Gasteiger charge is -2.38. The molecule has 0 aliphatic carbocycles. The van der Waals surface area contributed by atoms with E-state index in [-0.39, 0.29) is 17.0 Å². The lowest BCUT2D eigenvalue weighted by molar-refractivity contribution is 0.0105. The molecule has 1 heterocycles. The molecule has 140 valence electrons. The normalized spacial score (nSPS) is 18.4. The Labute approximate surface area is 160 Å². The predicted molar refractivity (Wildman–Crippen MR) is 103 cm³/mol. The highest BCUT2D eigenvalue weighted by molar-refractivity contribution is 7.89. The molecule has 1 N–H and O–H groups in total. The van der Waals surface area contributed by atoms with Crippen LogP contribution in [0, 0.1) is 0 Å². The van der Waals surface area contributed by atoms with Crippen molar-refractivity contribution in [3.05, 3.63) is 65.2 Å². The molecule has 1 aliphatic rings. The molecule has 2 aromatic carbocycles. The van der Waals surface area contributed by atoms with Gasteiger partial charge < -0.3 is 4.74 Å². The summed E-state index contributed by atoms with van der Waals surface area (Å²) < 4.78 is 33.8. The first-order chi connectivity index (χ1) is 12.5. The van der Waals surface area contributed by atoms with Crippen molar-refractivity contribution < 1.29 is 13.2 Å². The summed E-state index contributed by atoms with van der Waals surface area (Å²) in [7, 11) is -3.63. The molecule has 0 aromatic heterocycles. The Morgan fingerprint density at radius 2 is 1.65 bits per heavy atom. The first-order valence-corrected chi connectivity index (χ1v) is 10.5. The number of rotatable bonds is 6. The third-order valence-corrected chi connectivity index (χ3v) is 6.35. The zero-order valence-corrected chi connectivity index (χ0v) is 16.2. The van der Waals surface area contributed by atoms with Crippen LogP contribution in [-0.2, 0) is 14.8 Å². The number of benzene rings is 2. The van der Waals surface area contributed by atoms with Gasteiger partial charge in [-0.25, -0.2) is 13.1 Å². The Balaban J connectivity index is 1.85. The fraction of sp³-hybridized carbons (Fsp3) is 0.368. The molecule has 5 nitrogen and oxygen atoms in total. The van der Waals surface area contributed by atoms with Crippen LogP contribution in [-0.4, -0.2) is 45.7 Å². The number of nitrogens with zero attached hydrogens (tertiary/aromatic N) is 1. The van der Waals surface area contributed by atoms with E-state index in [2.05, 4.69) is 9.62 Å². The molecule has 2 aromatic rings. The largest absolute Gasteiger partial charge is 0.379 e. The highest BCUT2D eigenvalue weighted by atomic mass is 35.5. The van der Waals surface area contributed by atoms with Gasteiger partial charge in [-0.2, -0.15) is 0 Å². The van der Waals surface area contributed by atoms with Crippen molar-refractivity contribution in [3.63, 3.8) is 0 Å². The van der Waals surface area contributed by atoms with E-state index in [0.717, 1.165) is 18.7 Å². The molecule has 1 fully saturated rings. The van der Waals surface area contributed by atoms with Gasteiger partial charge in [-0.05, 0) is 36.8 Å². The van der Waals surface area contributed by atoms with E-state index in [9.17, 15) is 8.42 Å². The summed E-state index contributed by atoms with van der Waals surface area (Å²) in [6, 6.07) is 15.8. The van der Waals surface area contributed by atoms with Crippen molar-refractivity contribution >= 4 is 21.6 Å². The lowest BCUT2D eigenvalue weighted by Crippen LogP contribution is -2.48.